The van der Waals surface area contributed by atoms with Crippen molar-refractivity contribution >= 4 is 29.2 Å². The van der Waals surface area contributed by atoms with E-state index in [1.807, 2.05) is 18.3 Å². The van der Waals surface area contributed by atoms with Crippen LogP contribution in [0.5, 0.6) is 0 Å². The zero-order valence-electron chi connectivity index (χ0n) is 17.2. The third-order valence-corrected chi connectivity index (χ3v) is 5.70. The van der Waals surface area contributed by atoms with Crippen LogP contribution < -0.4 is 4.90 Å². The van der Waals surface area contributed by atoms with Gasteiger partial charge in [-0.25, -0.2) is 0 Å². The molecule has 0 aliphatic carbocycles. The summed E-state index contributed by atoms with van der Waals surface area (Å²) in [4.78, 5) is 7.05. The normalized spacial score (nSPS) is 14.7. The van der Waals surface area contributed by atoms with Crippen molar-refractivity contribution in [2.45, 2.75) is 20.8 Å². The van der Waals surface area contributed by atoms with Gasteiger partial charge in [0.15, 0.2) is 0 Å². The van der Waals surface area contributed by atoms with Crippen LogP contribution >= 0.6 is 11.6 Å². The topological polar surface area (TPSA) is 29.8 Å². The molecule has 2 aromatic carbocycles. The van der Waals surface area contributed by atoms with Crippen molar-refractivity contribution in [2.24, 2.45) is 4.99 Å². The molecule has 0 saturated carbocycles. The summed E-state index contributed by atoms with van der Waals surface area (Å²) < 4.78 is 7.67. The van der Waals surface area contributed by atoms with Crippen LogP contribution in [0.1, 0.15) is 22.5 Å². The largest absolute Gasteiger partial charge is 0.378 e. The van der Waals surface area contributed by atoms with Gasteiger partial charge < -0.3 is 14.2 Å². The summed E-state index contributed by atoms with van der Waals surface area (Å²) in [5, 5.41) is 0.744. The Morgan fingerprint density at radius 3 is 2.41 bits per heavy atom. The van der Waals surface area contributed by atoms with Crippen LogP contribution in [0.2, 0.25) is 5.02 Å². The molecule has 1 fully saturated rings. The summed E-state index contributed by atoms with van der Waals surface area (Å²) >= 11 is 6.24. The Bertz CT molecular complexity index is 1030. The van der Waals surface area contributed by atoms with Gasteiger partial charge in [-0.1, -0.05) is 17.7 Å². The third kappa shape index (κ3) is 4.24. The minimum atomic E-state index is 0.744. The monoisotopic (exact) mass is 407 g/mol. The number of halogens is 1. The quantitative estimate of drug-likeness (QED) is 0.523. The molecule has 0 N–H and O–H groups in total. The van der Waals surface area contributed by atoms with E-state index in [1.54, 1.807) is 0 Å². The fraction of sp³-hybridized carbons (Fsp3) is 0.292. The number of hydrogen-bond donors (Lipinski definition) is 0. The average Bonchev–Trinajstić information content (AvgIpc) is 3.02. The van der Waals surface area contributed by atoms with E-state index in [0.29, 0.717) is 0 Å². The van der Waals surface area contributed by atoms with Crippen molar-refractivity contribution in [3.63, 3.8) is 0 Å². The molecule has 5 heteroatoms. The van der Waals surface area contributed by atoms with Crippen LogP contribution in [0, 0.1) is 20.8 Å². The van der Waals surface area contributed by atoms with E-state index in [2.05, 4.69) is 66.6 Å². The van der Waals surface area contributed by atoms with Gasteiger partial charge in [0.05, 0.1) is 18.9 Å². The van der Waals surface area contributed by atoms with E-state index in [0.717, 1.165) is 59.7 Å². The Morgan fingerprint density at radius 2 is 1.69 bits per heavy atom. The minimum Gasteiger partial charge on any atom is -0.378 e. The number of nitrogens with zero attached hydrogens (tertiary/aromatic N) is 3. The van der Waals surface area contributed by atoms with Crippen LogP contribution in [-0.2, 0) is 4.74 Å². The maximum atomic E-state index is 6.24. The highest BCUT2D eigenvalue weighted by Crippen LogP contribution is 2.26. The van der Waals surface area contributed by atoms with Gasteiger partial charge in [-0.2, -0.15) is 0 Å². The number of morpholine rings is 1. The van der Waals surface area contributed by atoms with Crippen molar-refractivity contribution in [3.05, 3.63) is 76.1 Å². The van der Waals surface area contributed by atoms with Gasteiger partial charge in [-0.05, 0) is 68.8 Å². The summed E-state index contributed by atoms with van der Waals surface area (Å²) in [6.45, 7) is 9.81. The highest BCUT2D eigenvalue weighted by atomic mass is 35.5. The fourth-order valence-corrected chi connectivity index (χ4v) is 3.99. The molecule has 0 amide bonds. The average molecular weight is 408 g/mol. The van der Waals surface area contributed by atoms with Gasteiger partial charge in [0.25, 0.3) is 0 Å². The second-order valence-electron chi connectivity index (χ2n) is 7.47. The summed E-state index contributed by atoms with van der Waals surface area (Å²) in [7, 11) is 0. The third-order valence-electron chi connectivity index (χ3n) is 5.46. The number of anilines is 1. The van der Waals surface area contributed by atoms with Gasteiger partial charge in [-0.15, -0.1) is 0 Å². The highest BCUT2D eigenvalue weighted by molar-refractivity contribution is 6.30. The van der Waals surface area contributed by atoms with Crippen molar-refractivity contribution in [1.29, 1.82) is 0 Å². The molecule has 1 aromatic heterocycles. The summed E-state index contributed by atoms with van der Waals surface area (Å²) in [5.41, 5.74) is 7.91. The SMILES string of the molecule is Cc1ccc(Cl)cc1-n1c(C)cc(C=Nc2ccc(N3CCOCC3)cc2)c1C. The number of aromatic nitrogens is 1. The first-order chi connectivity index (χ1) is 14.0. The van der Waals surface area contributed by atoms with Crippen molar-refractivity contribution in [2.75, 3.05) is 31.2 Å². The van der Waals surface area contributed by atoms with Crippen LogP contribution in [0.3, 0.4) is 0 Å². The molecule has 1 saturated heterocycles. The molecule has 0 unspecified atom stereocenters. The van der Waals surface area contributed by atoms with E-state index in [-0.39, 0.29) is 0 Å². The Hall–Kier alpha value is -2.56. The van der Waals surface area contributed by atoms with Gasteiger partial charge in [0.1, 0.15) is 0 Å². The van der Waals surface area contributed by atoms with Crippen molar-refractivity contribution < 1.29 is 4.74 Å². The first kappa shape index (κ1) is 19.7. The van der Waals surface area contributed by atoms with Gasteiger partial charge in [0, 0.05) is 52.7 Å². The standard InChI is InChI=1S/C24H26ClN3O/c1-17-4-5-21(25)15-24(17)28-18(2)14-20(19(28)3)16-26-22-6-8-23(9-7-22)27-10-12-29-13-11-27/h4-9,14-16H,10-13H2,1-3H3. The lowest BCUT2D eigenvalue weighted by Crippen LogP contribution is -2.36. The zero-order valence-corrected chi connectivity index (χ0v) is 17.9. The van der Waals surface area contributed by atoms with E-state index in [1.165, 1.54) is 11.3 Å². The molecule has 4 rings (SSSR count). The molecule has 2 heterocycles. The first-order valence-corrected chi connectivity index (χ1v) is 10.3. The molecule has 29 heavy (non-hydrogen) atoms. The van der Waals surface area contributed by atoms with Crippen LogP contribution in [-0.4, -0.2) is 37.1 Å². The maximum absolute atomic E-state index is 6.24. The van der Waals surface area contributed by atoms with Crippen LogP contribution in [0.15, 0.2) is 53.5 Å². The molecular weight excluding hydrogens is 382 g/mol. The van der Waals surface area contributed by atoms with Crippen molar-refractivity contribution in [3.8, 4) is 5.69 Å². The van der Waals surface area contributed by atoms with Gasteiger partial charge in [-0.3, -0.25) is 4.99 Å². The lowest BCUT2D eigenvalue weighted by molar-refractivity contribution is 0.122. The number of ether oxygens (including phenoxy) is 1. The molecule has 150 valence electrons. The summed E-state index contributed by atoms with van der Waals surface area (Å²) in [6, 6.07) is 16.6. The van der Waals surface area contributed by atoms with Crippen LogP contribution in [0.4, 0.5) is 11.4 Å². The predicted octanol–water partition coefficient (Wildman–Crippen LogP) is 5.64. The molecule has 1 aliphatic heterocycles. The molecule has 0 bridgehead atoms. The lowest BCUT2D eigenvalue weighted by Gasteiger charge is -2.28. The zero-order chi connectivity index (χ0) is 20.4. The van der Waals surface area contributed by atoms with Gasteiger partial charge in [0.2, 0.25) is 0 Å². The number of rotatable bonds is 4. The Balaban J connectivity index is 1.57. The maximum Gasteiger partial charge on any atom is 0.0642 e. The molecule has 4 nitrogen and oxygen atoms in total. The molecule has 0 spiro atoms. The molecular formula is C24H26ClN3O. The number of hydrogen-bond acceptors (Lipinski definition) is 3. The molecule has 1 aliphatic rings. The Kier molecular flexibility index (Phi) is 5.74. The van der Waals surface area contributed by atoms with E-state index in [9.17, 15) is 0 Å². The second-order valence-corrected chi connectivity index (χ2v) is 7.90. The number of benzene rings is 2. The Labute approximate surface area is 177 Å². The number of aliphatic imine (C=N–C) groups is 1. The number of aryl methyl sites for hydroxylation is 2. The fourth-order valence-electron chi connectivity index (χ4n) is 3.83. The highest BCUT2D eigenvalue weighted by Gasteiger charge is 2.12. The first-order valence-electron chi connectivity index (χ1n) is 9.95. The smallest absolute Gasteiger partial charge is 0.0642 e. The molecule has 0 atom stereocenters. The lowest BCUT2D eigenvalue weighted by atomic mass is 10.2. The Morgan fingerprint density at radius 1 is 0.966 bits per heavy atom. The van der Waals surface area contributed by atoms with Gasteiger partial charge >= 0.3 is 0 Å². The predicted molar refractivity (Wildman–Crippen MR) is 122 cm³/mol. The molecule has 0 radical (unpaired) electrons. The molecule has 3 aromatic rings. The van der Waals surface area contributed by atoms with E-state index < -0.39 is 0 Å². The van der Waals surface area contributed by atoms with E-state index in [4.69, 9.17) is 21.3 Å². The van der Waals surface area contributed by atoms with Crippen molar-refractivity contribution in [1.82, 2.24) is 4.57 Å². The summed E-state index contributed by atoms with van der Waals surface area (Å²) in [5.74, 6) is 0. The van der Waals surface area contributed by atoms with E-state index >= 15 is 0 Å². The minimum absolute atomic E-state index is 0.744. The van der Waals surface area contributed by atoms with Crippen LogP contribution in [0.25, 0.3) is 5.69 Å². The summed E-state index contributed by atoms with van der Waals surface area (Å²) in [6.07, 6.45) is 1.95. The second kappa shape index (κ2) is 8.44.